The largest absolute Gasteiger partial charge is 0.335 e. The highest BCUT2D eigenvalue weighted by molar-refractivity contribution is 9.10. The normalized spacial score (nSPS) is 10.7. The number of para-hydroxylation sites is 1. The van der Waals surface area contributed by atoms with Gasteiger partial charge in [-0.05, 0) is 30.3 Å². The van der Waals surface area contributed by atoms with Gasteiger partial charge < -0.3 is 10.2 Å². The molecule has 3 rings (SSSR count). The molecular weight excluding hydrogens is 448 g/mol. The lowest BCUT2D eigenvalue weighted by molar-refractivity contribution is -0.133. The van der Waals surface area contributed by atoms with Crippen molar-refractivity contribution in [3.05, 3.63) is 68.6 Å². The van der Waals surface area contributed by atoms with E-state index in [2.05, 4.69) is 26.2 Å². The predicted octanol–water partition coefficient (Wildman–Crippen LogP) is 2.91. The van der Waals surface area contributed by atoms with Gasteiger partial charge in [0.25, 0.3) is 5.56 Å². The number of amides is 2. The molecule has 0 atom stereocenters. The van der Waals surface area contributed by atoms with Crippen LogP contribution in [0.4, 0.5) is 5.69 Å². The van der Waals surface area contributed by atoms with E-state index in [1.165, 1.54) is 22.8 Å². The highest BCUT2D eigenvalue weighted by Crippen LogP contribution is 2.20. The van der Waals surface area contributed by atoms with E-state index in [0.29, 0.717) is 21.6 Å². The van der Waals surface area contributed by atoms with Crippen molar-refractivity contribution in [1.82, 2.24) is 14.5 Å². The Bertz CT molecular complexity index is 1120. The van der Waals surface area contributed by atoms with Crippen LogP contribution >= 0.6 is 27.5 Å². The molecule has 144 valence electrons. The van der Waals surface area contributed by atoms with Crippen molar-refractivity contribution in [2.24, 2.45) is 0 Å². The van der Waals surface area contributed by atoms with Gasteiger partial charge in [0.1, 0.15) is 6.54 Å². The van der Waals surface area contributed by atoms with Crippen molar-refractivity contribution in [3.8, 4) is 0 Å². The maximum absolute atomic E-state index is 12.6. The molecule has 0 saturated carbocycles. The molecule has 1 aromatic heterocycles. The number of hydrogen-bond donors (Lipinski definition) is 1. The van der Waals surface area contributed by atoms with Gasteiger partial charge in [0.15, 0.2) is 0 Å². The van der Waals surface area contributed by atoms with Crippen LogP contribution in [0.1, 0.15) is 0 Å². The molecule has 2 amide bonds. The van der Waals surface area contributed by atoms with Crippen LogP contribution in [0, 0.1) is 0 Å². The Kier molecular flexibility index (Phi) is 6.11. The van der Waals surface area contributed by atoms with Gasteiger partial charge in [-0.25, -0.2) is 4.98 Å². The van der Waals surface area contributed by atoms with E-state index in [9.17, 15) is 14.4 Å². The summed E-state index contributed by atoms with van der Waals surface area (Å²) < 4.78 is 1.97. The third-order valence-corrected chi connectivity index (χ3v) is 4.87. The van der Waals surface area contributed by atoms with Crippen LogP contribution < -0.4 is 10.9 Å². The van der Waals surface area contributed by atoms with Crippen LogP contribution in [0.25, 0.3) is 10.9 Å². The van der Waals surface area contributed by atoms with E-state index in [1.807, 2.05) is 0 Å². The van der Waals surface area contributed by atoms with E-state index in [0.717, 1.165) is 4.47 Å². The Labute approximate surface area is 174 Å². The van der Waals surface area contributed by atoms with Gasteiger partial charge in [0, 0.05) is 11.5 Å². The fraction of sp³-hybridized carbons (Fsp3) is 0.158. The molecule has 1 N–H and O–H groups in total. The molecule has 9 heteroatoms. The fourth-order valence-corrected chi connectivity index (χ4v) is 3.11. The molecule has 0 aliphatic heterocycles. The fourth-order valence-electron chi connectivity index (χ4n) is 2.57. The second-order valence-electron chi connectivity index (χ2n) is 6.12. The van der Waals surface area contributed by atoms with E-state index >= 15 is 0 Å². The number of hydrogen-bond acceptors (Lipinski definition) is 4. The Morgan fingerprint density at radius 3 is 2.75 bits per heavy atom. The van der Waals surface area contributed by atoms with Crippen molar-refractivity contribution in [3.63, 3.8) is 0 Å². The highest BCUT2D eigenvalue weighted by Gasteiger charge is 2.16. The molecule has 0 spiro atoms. The lowest BCUT2D eigenvalue weighted by Gasteiger charge is -2.17. The molecule has 0 aliphatic carbocycles. The molecule has 7 nitrogen and oxygen atoms in total. The number of nitrogens with one attached hydrogen (secondary N) is 1. The van der Waals surface area contributed by atoms with Crippen molar-refractivity contribution in [2.75, 3.05) is 18.9 Å². The van der Waals surface area contributed by atoms with Gasteiger partial charge in [0.2, 0.25) is 11.8 Å². The number of halogens is 2. The van der Waals surface area contributed by atoms with Gasteiger partial charge in [0.05, 0.1) is 34.5 Å². The first-order chi connectivity index (χ1) is 13.3. The molecule has 0 aliphatic rings. The minimum Gasteiger partial charge on any atom is -0.335 e. The summed E-state index contributed by atoms with van der Waals surface area (Å²) in [6, 6.07) is 12.0. The van der Waals surface area contributed by atoms with Crippen molar-refractivity contribution >= 4 is 55.9 Å². The summed E-state index contributed by atoms with van der Waals surface area (Å²) in [5, 5.41) is 3.46. The summed E-state index contributed by atoms with van der Waals surface area (Å²) in [5.41, 5.74) is 0.688. The Morgan fingerprint density at radius 2 is 2.00 bits per heavy atom. The molecule has 0 unspecified atom stereocenters. The standard InChI is InChI=1S/C19H16BrClN4O3/c1-24(9-17(26)23-16-5-3-2-4-14(16)21)18(27)10-25-11-22-15-7-6-12(20)8-13(15)19(25)28/h2-8,11H,9-10H2,1H3,(H,23,26). The number of carbonyl (C=O) groups is 2. The molecule has 3 aromatic rings. The minimum absolute atomic E-state index is 0.175. The van der Waals surface area contributed by atoms with Gasteiger partial charge >= 0.3 is 0 Å². The second kappa shape index (κ2) is 8.53. The number of benzene rings is 2. The number of likely N-dealkylation sites (N-methyl/N-ethyl adjacent to an activating group) is 1. The second-order valence-corrected chi connectivity index (χ2v) is 7.44. The monoisotopic (exact) mass is 462 g/mol. The zero-order valence-electron chi connectivity index (χ0n) is 14.9. The maximum atomic E-state index is 12.6. The summed E-state index contributed by atoms with van der Waals surface area (Å²) in [6.45, 7) is -0.393. The molecule has 0 bridgehead atoms. The van der Waals surface area contributed by atoms with Gasteiger partial charge in [-0.15, -0.1) is 0 Å². The van der Waals surface area contributed by atoms with E-state index in [4.69, 9.17) is 11.6 Å². The van der Waals surface area contributed by atoms with Gasteiger partial charge in [-0.3, -0.25) is 19.0 Å². The van der Waals surface area contributed by atoms with Crippen LogP contribution in [0.2, 0.25) is 5.02 Å². The topological polar surface area (TPSA) is 84.3 Å². The summed E-state index contributed by atoms with van der Waals surface area (Å²) >= 11 is 9.33. The summed E-state index contributed by atoms with van der Waals surface area (Å²) in [7, 11) is 1.49. The third kappa shape index (κ3) is 4.58. The maximum Gasteiger partial charge on any atom is 0.261 e. The van der Waals surface area contributed by atoms with Crippen LogP contribution in [-0.2, 0) is 16.1 Å². The zero-order chi connectivity index (χ0) is 20.3. The molecule has 0 radical (unpaired) electrons. The zero-order valence-corrected chi connectivity index (χ0v) is 17.2. The summed E-state index contributed by atoms with van der Waals surface area (Å²) in [6.07, 6.45) is 1.33. The van der Waals surface area contributed by atoms with Crippen molar-refractivity contribution in [2.45, 2.75) is 6.54 Å². The third-order valence-electron chi connectivity index (χ3n) is 4.05. The molecule has 1 heterocycles. The molecule has 0 fully saturated rings. The molecular formula is C19H16BrClN4O3. The smallest absolute Gasteiger partial charge is 0.261 e. The first-order valence-electron chi connectivity index (χ1n) is 8.28. The lowest BCUT2D eigenvalue weighted by atomic mass is 10.2. The lowest BCUT2D eigenvalue weighted by Crippen LogP contribution is -2.38. The number of fused-ring (bicyclic) bond motifs is 1. The number of rotatable bonds is 5. The van der Waals surface area contributed by atoms with E-state index < -0.39 is 11.8 Å². The molecule has 28 heavy (non-hydrogen) atoms. The Hall–Kier alpha value is -2.71. The first-order valence-corrected chi connectivity index (χ1v) is 9.45. The summed E-state index contributed by atoms with van der Waals surface area (Å²) in [4.78, 5) is 42.6. The average molecular weight is 464 g/mol. The Balaban J connectivity index is 1.68. The minimum atomic E-state index is -0.396. The highest BCUT2D eigenvalue weighted by atomic mass is 79.9. The van der Waals surface area contributed by atoms with Crippen molar-refractivity contribution in [1.29, 1.82) is 0 Å². The van der Waals surface area contributed by atoms with E-state index in [-0.39, 0.29) is 18.6 Å². The SMILES string of the molecule is CN(CC(=O)Nc1ccccc1Cl)C(=O)Cn1cnc2ccc(Br)cc2c1=O. The van der Waals surface area contributed by atoms with Crippen LogP contribution in [0.5, 0.6) is 0 Å². The number of carbonyl (C=O) groups excluding carboxylic acids is 2. The van der Waals surface area contributed by atoms with Crippen LogP contribution in [0.15, 0.2) is 58.1 Å². The van der Waals surface area contributed by atoms with Crippen LogP contribution in [0.3, 0.4) is 0 Å². The van der Waals surface area contributed by atoms with E-state index in [1.54, 1.807) is 42.5 Å². The number of nitrogens with zero attached hydrogens (tertiary/aromatic N) is 3. The van der Waals surface area contributed by atoms with Crippen molar-refractivity contribution < 1.29 is 9.59 Å². The first kappa shape index (κ1) is 20.0. The summed E-state index contributed by atoms with van der Waals surface area (Å²) in [5.74, 6) is -0.788. The molecule has 0 saturated heterocycles. The average Bonchev–Trinajstić information content (AvgIpc) is 2.66. The van der Waals surface area contributed by atoms with Crippen LogP contribution in [-0.4, -0.2) is 39.9 Å². The number of aromatic nitrogens is 2. The number of anilines is 1. The van der Waals surface area contributed by atoms with Gasteiger partial charge in [-0.1, -0.05) is 39.7 Å². The quantitative estimate of drug-likeness (QED) is 0.630. The predicted molar refractivity (Wildman–Crippen MR) is 111 cm³/mol. The Morgan fingerprint density at radius 1 is 1.25 bits per heavy atom. The molecule has 2 aromatic carbocycles. The van der Waals surface area contributed by atoms with Gasteiger partial charge in [-0.2, -0.15) is 0 Å².